The van der Waals surface area contributed by atoms with Gasteiger partial charge in [0, 0.05) is 6.04 Å². The number of ether oxygens (including phenoxy) is 1. The maximum absolute atomic E-state index is 11.6. The Morgan fingerprint density at radius 2 is 1.95 bits per heavy atom. The Kier molecular flexibility index (Phi) is 4.45. The number of fused-ring (bicyclic) bond motifs is 1. The van der Waals surface area contributed by atoms with Gasteiger partial charge in [0.05, 0.1) is 5.92 Å². The maximum atomic E-state index is 11.6. The first-order valence-corrected chi connectivity index (χ1v) is 6.92. The third-order valence-corrected chi connectivity index (χ3v) is 4.34. The molecule has 2 aliphatic carbocycles. The first kappa shape index (κ1) is 13.9. The van der Waals surface area contributed by atoms with Crippen LogP contribution in [0.1, 0.15) is 32.1 Å². The van der Waals surface area contributed by atoms with Gasteiger partial charge < -0.3 is 15.2 Å². The van der Waals surface area contributed by atoms with Gasteiger partial charge in [0.25, 0.3) is 0 Å². The van der Waals surface area contributed by atoms with Crippen LogP contribution in [0.4, 0.5) is 4.79 Å². The number of carbonyl (C=O) groups excluding carboxylic acids is 1. The summed E-state index contributed by atoms with van der Waals surface area (Å²) in [5.41, 5.74) is 0. The smallest absolute Gasteiger partial charge is 0.407 e. The molecule has 0 bridgehead atoms. The highest BCUT2D eigenvalue weighted by molar-refractivity contribution is 5.75. The molecule has 1 amide bonds. The van der Waals surface area contributed by atoms with Crippen LogP contribution in [0, 0.1) is 17.8 Å². The minimum atomic E-state index is -0.808. The van der Waals surface area contributed by atoms with Gasteiger partial charge in [-0.2, -0.15) is 0 Å². The number of carboxylic acids is 1. The van der Waals surface area contributed by atoms with Crippen LogP contribution in [0.3, 0.4) is 0 Å². The molecule has 0 aliphatic heterocycles. The van der Waals surface area contributed by atoms with Crippen molar-refractivity contribution in [2.24, 2.45) is 17.8 Å². The average molecular weight is 267 g/mol. The molecule has 19 heavy (non-hydrogen) atoms. The Labute approximate surface area is 113 Å². The number of alkyl carbamates (subject to hydrolysis) is 1. The summed E-state index contributed by atoms with van der Waals surface area (Å²) < 4.78 is 4.88. The SMILES string of the molecule is C=CCOC(=O)N[C@@H]1[C@@H]2CCCCC[C@@H]2[C@@H]1C(=O)O. The molecular weight excluding hydrogens is 246 g/mol. The lowest BCUT2D eigenvalue weighted by molar-refractivity contribution is -0.154. The molecule has 2 N–H and O–H groups in total. The number of amides is 1. The van der Waals surface area contributed by atoms with E-state index in [0.717, 1.165) is 32.1 Å². The molecule has 0 unspecified atom stereocenters. The minimum Gasteiger partial charge on any atom is -0.481 e. The van der Waals surface area contributed by atoms with Gasteiger partial charge in [-0.15, -0.1) is 0 Å². The van der Waals surface area contributed by atoms with Crippen LogP contribution in [0.5, 0.6) is 0 Å². The summed E-state index contributed by atoms with van der Waals surface area (Å²) in [5.74, 6) is -0.763. The second kappa shape index (κ2) is 6.08. The Bertz CT molecular complexity index is 368. The Balaban J connectivity index is 1.98. The molecule has 0 aromatic rings. The molecule has 2 rings (SSSR count). The lowest BCUT2D eigenvalue weighted by atomic mass is 9.58. The third kappa shape index (κ3) is 2.91. The quantitative estimate of drug-likeness (QED) is 0.765. The van der Waals surface area contributed by atoms with Crippen molar-refractivity contribution in [2.45, 2.75) is 38.1 Å². The zero-order valence-electron chi connectivity index (χ0n) is 11.0. The van der Waals surface area contributed by atoms with Crippen molar-refractivity contribution in [1.29, 1.82) is 0 Å². The summed E-state index contributed by atoms with van der Waals surface area (Å²) in [7, 11) is 0. The number of carboxylic acid groups (broad SMARTS) is 1. The van der Waals surface area contributed by atoms with E-state index in [1.807, 2.05) is 0 Å². The van der Waals surface area contributed by atoms with Gasteiger partial charge in [0.15, 0.2) is 0 Å². The molecule has 2 fully saturated rings. The Hall–Kier alpha value is -1.52. The number of rotatable bonds is 4. The van der Waals surface area contributed by atoms with E-state index in [2.05, 4.69) is 11.9 Å². The van der Waals surface area contributed by atoms with Gasteiger partial charge in [0.1, 0.15) is 6.61 Å². The molecule has 0 aromatic carbocycles. The monoisotopic (exact) mass is 267 g/mol. The van der Waals surface area contributed by atoms with Crippen LogP contribution < -0.4 is 5.32 Å². The number of nitrogens with one attached hydrogen (secondary N) is 1. The molecule has 0 radical (unpaired) electrons. The largest absolute Gasteiger partial charge is 0.481 e. The van der Waals surface area contributed by atoms with E-state index in [9.17, 15) is 14.7 Å². The third-order valence-electron chi connectivity index (χ3n) is 4.34. The van der Waals surface area contributed by atoms with Crippen molar-refractivity contribution in [3.05, 3.63) is 12.7 Å². The fraction of sp³-hybridized carbons (Fsp3) is 0.714. The number of aliphatic carboxylic acids is 1. The highest BCUT2D eigenvalue weighted by Gasteiger charge is 2.54. The Morgan fingerprint density at radius 1 is 1.26 bits per heavy atom. The average Bonchev–Trinajstić information content (AvgIpc) is 2.56. The second-order valence-corrected chi connectivity index (χ2v) is 5.39. The van der Waals surface area contributed by atoms with Gasteiger partial charge in [-0.25, -0.2) is 4.79 Å². The van der Waals surface area contributed by atoms with Crippen LogP contribution in [0.25, 0.3) is 0 Å². The predicted octanol–water partition coefficient (Wildman–Crippen LogP) is 2.18. The Morgan fingerprint density at radius 3 is 2.58 bits per heavy atom. The van der Waals surface area contributed by atoms with Crippen molar-refractivity contribution < 1.29 is 19.4 Å². The van der Waals surface area contributed by atoms with Gasteiger partial charge in [0.2, 0.25) is 0 Å². The first-order valence-electron chi connectivity index (χ1n) is 6.92. The molecule has 106 valence electrons. The van der Waals surface area contributed by atoms with E-state index in [4.69, 9.17) is 4.74 Å². The van der Waals surface area contributed by atoms with Crippen LogP contribution >= 0.6 is 0 Å². The maximum Gasteiger partial charge on any atom is 0.407 e. The summed E-state index contributed by atoms with van der Waals surface area (Å²) in [4.78, 5) is 22.9. The highest BCUT2D eigenvalue weighted by Crippen LogP contribution is 2.48. The van der Waals surface area contributed by atoms with Crippen molar-refractivity contribution in [3.63, 3.8) is 0 Å². The molecule has 2 aliphatic rings. The number of hydrogen-bond acceptors (Lipinski definition) is 3. The normalized spacial score (nSPS) is 33.3. The van der Waals surface area contributed by atoms with Crippen LogP contribution in [-0.4, -0.2) is 29.8 Å². The van der Waals surface area contributed by atoms with Crippen molar-refractivity contribution in [1.82, 2.24) is 5.32 Å². The highest BCUT2D eigenvalue weighted by atomic mass is 16.5. The minimum absolute atomic E-state index is 0.143. The van der Waals surface area contributed by atoms with E-state index in [0.29, 0.717) is 5.92 Å². The standard InChI is InChI=1S/C14H21NO4/c1-2-8-19-14(18)15-12-10-7-5-3-4-6-9(10)11(12)13(16)17/h2,9-12H,1,3-8H2,(H,15,18)(H,16,17)/t9-,10+,11-,12+/m0/s1. The molecule has 5 heteroatoms. The predicted molar refractivity (Wildman–Crippen MR) is 69.7 cm³/mol. The topological polar surface area (TPSA) is 75.6 Å². The molecule has 2 saturated carbocycles. The number of carbonyl (C=O) groups is 2. The fourth-order valence-electron chi connectivity index (χ4n) is 3.49. The summed E-state index contributed by atoms with van der Waals surface area (Å²) in [6.07, 6.45) is 6.28. The first-order chi connectivity index (χ1) is 9.15. The summed E-state index contributed by atoms with van der Waals surface area (Å²) in [5, 5.41) is 12.0. The van der Waals surface area contributed by atoms with Crippen molar-refractivity contribution in [2.75, 3.05) is 6.61 Å². The molecule has 0 saturated heterocycles. The molecule has 0 heterocycles. The van der Waals surface area contributed by atoms with Crippen LogP contribution in [0.15, 0.2) is 12.7 Å². The summed E-state index contributed by atoms with van der Waals surface area (Å²) in [6, 6.07) is -0.280. The summed E-state index contributed by atoms with van der Waals surface area (Å²) in [6.45, 7) is 3.61. The molecular formula is C14H21NO4. The van der Waals surface area contributed by atoms with E-state index in [1.165, 1.54) is 6.08 Å². The van der Waals surface area contributed by atoms with E-state index >= 15 is 0 Å². The van der Waals surface area contributed by atoms with Crippen molar-refractivity contribution >= 4 is 12.1 Å². The lowest BCUT2D eigenvalue weighted by Gasteiger charge is -2.49. The molecule has 5 nitrogen and oxygen atoms in total. The zero-order valence-corrected chi connectivity index (χ0v) is 11.0. The fourth-order valence-corrected chi connectivity index (χ4v) is 3.49. The van der Waals surface area contributed by atoms with Gasteiger partial charge >= 0.3 is 12.1 Å². The molecule has 0 spiro atoms. The molecule has 0 aromatic heterocycles. The van der Waals surface area contributed by atoms with Gasteiger partial charge in [-0.1, -0.05) is 31.9 Å². The van der Waals surface area contributed by atoms with E-state index < -0.39 is 18.0 Å². The lowest BCUT2D eigenvalue weighted by Crippen LogP contribution is -2.62. The summed E-state index contributed by atoms with van der Waals surface area (Å²) >= 11 is 0. The van der Waals surface area contributed by atoms with Crippen LogP contribution in [0.2, 0.25) is 0 Å². The van der Waals surface area contributed by atoms with Gasteiger partial charge in [-0.05, 0) is 24.7 Å². The second-order valence-electron chi connectivity index (χ2n) is 5.39. The molecule has 4 atom stereocenters. The van der Waals surface area contributed by atoms with Crippen molar-refractivity contribution in [3.8, 4) is 0 Å². The van der Waals surface area contributed by atoms with E-state index in [1.54, 1.807) is 0 Å². The number of hydrogen-bond donors (Lipinski definition) is 2. The van der Waals surface area contributed by atoms with E-state index in [-0.39, 0.29) is 18.6 Å². The van der Waals surface area contributed by atoms with Crippen LogP contribution in [-0.2, 0) is 9.53 Å². The zero-order chi connectivity index (χ0) is 13.8. The van der Waals surface area contributed by atoms with Gasteiger partial charge in [-0.3, -0.25) is 4.79 Å².